The molecule has 1 amide bonds. The number of nitrogens with one attached hydrogen (secondary N) is 1. The van der Waals surface area contributed by atoms with Gasteiger partial charge in [-0.2, -0.15) is 0 Å². The zero-order valence-electron chi connectivity index (χ0n) is 14.1. The third kappa shape index (κ3) is 6.85. The van der Waals surface area contributed by atoms with E-state index in [1.54, 1.807) is 18.2 Å². The summed E-state index contributed by atoms with van der Waals surface area (Å²) < 4.78 is 11.0. The number of hydrogen-bond donors (Lipinski definition) is 1. The fourth-order valence-corrected chi connectivity index (χ4v) is 2.65. The van der Waals surface area contributed by atoms with Crippen LogP contribution in [-0.4, -0.2) is 25.7 Å². The summed E-state index contributed by atoms with van der Waals surface area (Å²) in [5.41, 5.74) is 1.29. The van der Waals surface area contributed by atoms with E-state index in [0.29, 0.717) is 28.9 Å². The Morgan fingerprint density at radius 3 is 2.52 bits per heavy atom. The summed E-state index contributed by atoms with van der Waals surface area (Å²) in [6, 6.07) is 12.8. The maximum atomic E-state index is 11.8. The van der Waals surface area contributed by atoms with Gasteiger partial charge in [-0.15, -0.1) is 0 Å². The third-order valence-electron chi connectivity index (χ3n) is 3.41. The number of amides is 1. The molecule has 0 aliphatic heterocycles. The molecule has 0 radical (unpaired) electrons. The van der Waals surface area contributed by atoms with Gasteiger partial charge in [0.2, 0.25) is 0 Å². The van der Waals surface area contributed by atoms with Gasteiger partial charge < -0.3 is 14.8 Å². The second kappa shape index (κ2) is 10.2. The topological polar surface area (TPSA) is 47.6 Å². The molecule has 134 valence electrons. The molecule has 2 aromatic rings. The second-order valence-corrected chi connectivity index (χ2v) is 6.30. The number of hydrogen-bond acceptors (Lipinski definition) is 3. The van der Waals surface area contributed by atoms with Crippen molar-refractivity contribution in [1.29, 1.82) is 0 Å². The smallest absolute Gasteiger partial charge is 0.258 e. The molecule has 0 unspecified atom stereocenters. The number of benzene rings is 2. The van der Waals surface area contributed by atoms with Crippen LogP contribution in [0.15, 0.2) is 42.5 Å². The summed E-state index contributed by atoms with van der Waals surface area (Å²) >= 11 is 11.8. The van der Waals surface area contributed by atoms with Gasteiger partial charge in [-0.25, -0.2) is 0 Å². The van der Waals surface area contributed by atoms with Crippen LogP contribution in [0.3, 0.4) is 0 Å². The van der Waals surface area contributed by atoms with Gasteiger partial charge in [0.1, 0.15) is 18.1 Å². The lowest BCUT2D eigenvalue weighted by molar-refractivity contribution is -0.123. The van der Waals surface area contributed by atoms with Gasteiger partial charge in [-0.3, -0.25) is 4.79 Å². The molecule has 2 aromatic carbocycles. The Morgan fingerprint density at radius 1 is 1.08 bits per heavy atom. The van der Waals surface area contributed by atoms with Crippen LogP contribution in [0, 0.1) is 0 Å². The van der Waals surface area contributed by atoms with Crippen LogP contribution in [0.5, 0.6) is 11.5 Å². The van der Waals surface area contributed by atoms with Gasteiger partial charge in [0.25, 0.3) is 5.91 Å². The fourth-order valence-electron chi connectivity index (χ4n) is 2.19. The minimum Gasteiger partial charge on any atom is -0.492 e. The number of carbonyl (C=O) groups excluding carboxylic acids is 1. The van der Waals surface area contributed by atoms with Gasteiger partial charge in [0, 0.05) is 5.02 Å². The second-order valence-electron chi connectivity index (χ2n) is 5.46. The zero-order valence-corrected chi connectivity index (χ0v) is 15.6. The number of rotatable bonds is 9. The lowest BCUT2D eigenvalue weighted by Gasteiger charge is -2.10. The summed E-state index contributed by atoms with van der Waals surface area (Å²) in [5.74, 6) is 0.968. The van der Waals surface area contributed by atoms with Crippen LogP contribution in [0.4, 0.5) is 0 Å². The van der Waals surface area contributed by atoms with Crippen molar-refractivity contribution in [3.8, 4) is 11.5 Å². The molecule has 0 bridgehead atoms. The molecule has 1 N–H and O–H groups in total. The van der Waals surface area contributed by atoms with Crippen LogP contribution in [0.25, 0.3) is 0 Å². The molecule has 25 heavy (non-hydrogen) atoms. The summed E-state index contributed by atoms with van der Waals surface area (Å²) in [6.45, 7) is 2.82. The zero-order chi connectivity index (χ0) is 18.1. The number of halogens is 2. The minimum absolute atomic E-state index is 0.118. The van der Waals surface area contributed by atoms with Gasteiger partial charge in [-0.05, 0) is 42.3 Å². The van der Waals surface area contributed by atoms with Crippen LogP contribution in [0.1, 0.15) is 18.9 Å². The van der Waals surface area contributed by atoms with Crippen molar-refractivity contribution in [3.05, 3.63) is 58.1 Å². The molecule has 0 aliphatic carbocycles. The molecule has 0 aromatic heterocycles. The molecular weight excluding hydrogens is 361 g/mol. The maximum Gasteiger partial charge on any atom is 0.258 e. The van der Waals surface area contributed by atoms with Crippen molar-refractivity contribution < 1.29 is 14.3 Å². The molecule has 0 spiro atoms. The van der Waals surface area contributed by atoms with Gasteiger partial charge in [0.15, 0.2) is 6.61 Å². The molecular formula is C19H21Cl2NO3. The highest BCUT2D eigenvalue weighted by atomic mass is 35.5. The van der Waals surface area contributed by atoms with E-state index in [1.165, 1.54) is 5.56 Å². The van der Waals surface area contributed by atoms with Crippen molar-refractivity contribution >= 4 is 29.1 Å². The van der Waals surface area contributed by atoms with Crippen LogP contribution < -0.4 is 14.8 Å². The first-order chi connectivity index (χ1) is 12.1. The van der Waals surface area contributed by atoms with E-state index in [1.807, 2.05) is 12.1 Å². The van der Waals surface area contributed by atoms with E-state index in [4.69, 9.17) is 32.7 Å². The lowest BCUT2D eigenvalue weighted by atomic mass is 10.1. The maximum absolute atomic E-state index is 11.8. The average molecular weight is 382 g/mol. The quantitative estimate of drug-likeness (QED) is 0.649. The lowest BCUT2D eigenvalue weighted by Crippen LogP contribution is -2.32. The predicted molar refractivity (Wildman–Crippen MR) is 101 cm³/mol. The number of carbonyl (C=O) groups is 1. The fraction of sp³-hybridized carbons (Fsp3) is 0.316. The molecule has 0 heterocycles. The highest BCUT2D eigenvalue weighted by Crippen LogP contribution is 2.27. The minimum atomic E-state index is -0.243. The SMILES string of the molecule is CCCc1ccc(OCCNC(=O)COc2ccc(Cl)cc2Cl)cc1. The van der Waals surface area contributed by atoms with Crippen molar-refractivity contribution in [2.75, 3.05) is 19.8 Å². The Hall–Kier alpha value is -1.91. The Labute approximate surface area is 158 Å². The molecule has 0 saturated carbocycles. The Morgan fingerprint density at radius 2 is 1.84 bits per heavy atom. The van der Waals surface area contributed by atoms with Crippen LogP contribution in [-0.2, 0) is 11.2 Å². The van der Waals surface area contributed by atoms with Gasteiger partial charge in [0.05, 0.1) is 11.6 Å². The first-order valence-electron chi connectivity index (χ1n) is 8.14. The molecule has 0 fully saturated rings. The molecule has 2 rings (SSSR count). The first kappa shape index (κ1) is 19.4. The summed E-state index contributed by atoms with van der Waals surface area (Å²) in [7, 11) is 0. The Kier molecular flexibility index (Phi) is 7.89. The number of aryl methyl sites for hydroxylation is 1. The molecule has 4 nitrogen and oxygen atoms in total. The number of ether oxygens (including phenoxy) is 2. The normalized spacial score (nSPS) is 10.4. The average Bonchev–Trinajstić information content (AvgIpc) is 2.59. The van der Waals surface area contributed by atoms with Crippen molar-refractivity contribution in [2.45, 2.75) is 19.8 Å². The summed E-state index contributed by atoms with van der Waals surface area (Å²) in [6.07, 6.45) is 2.18. The van der Waals surface area contributed by atoms with E-state index in [0.717, 1.165) is 18.6 Å². The third-order valence-corrected chi connectivity index (χ3v) is 3.94. The summed E-state index contributed by atoms with van der Waals surface area (Å²) in [5, 5.41) is 3.61. The van der Waals surface area contributed by atoms with Crippen LogP contribution in [0.2, 0.25) is 10.0 Å². The molecule has 0 aliphatic rings. The standard InChI is InChI=1S/C19H21Cl2NO3/c1-2-3-14-4-7-16(8-5-14)24-11-10-22-19(23)13-25-18-9-6-15(20)12-17(18)21/h4-9,12H,2-3,10-11,13H2,1H3,(H,22,23). The molecule has 6 heteroatoms. The summed E-state index contributed by atoms with van der Waals surface area (Å²) in [4.78, 5) is 11.8. The highest BCUT2D eigenvalue weighted by molar-refractivity contribution is 6.35. The van der Waals surface area contributed by atoms with Crippen molar-refractivity contribution in [2.24, 2.45) is 0 Å². The van der Waals surface area contributed by atoms with Gasteiger partial charge >= 0.3 is 0 Å². The van der Waals surface area contributed by atoms with Gasteiger partial charge in [-0.1, -0.05) is 48.7 Å². The van der Waals surface area contributed by atoms with Crippen molar-refractivity contribution in [1.82, 2.24) is 5.32 Å². The van der Waals surface area contributed by atoms with Crippen LogP contribution >= 0.6 is 23.2 Å². The Balaban J connectivity index is 1.65. The Bertz CT molecular complexity index is 690. The first-order valence-corrected chi connectivity index (χ1v) is 8.90. The largest absolute Gasteiger partial charge is 0.492 e. The van der Waals surface area contributed by atoms with E-state index < -0.39 is 0 Å². The van der Waals surface area contributed by atoms with E-state index >= 15 is 0 Å². The van der Waals surface area contributed by atoms with E-state index in [9.17, 15) is 4.79 Å². The van der Waals surface area contributed by atoms with E-state index in [2.05, 4.69) is 24.4 Å². The van der Waals surface area contributed by atoms with Crippen molar-refractivity contribution in [3.63, 3.8) is 0 Å². The highest BCUT2D eigenvalue weighted by Gasteiger charge is 2.06. The molecule has 0 saturated heterocycles. The van der Waals surface area contributed by atoms with E-state index in [-0.39, 0.29) is 12.5 Å². The predicted octanol–water partition coefficient (Wildman–Crippen LogP) is 4.52. The molecule has 0 atom stereocenters. The monoisotopic (exact) mass is 381 g/mol.